The molecule has 0 fully saturated rings. The number of imidazole rings is 1. The average molecular weight is 481 g/mol. The first-order valence-corrected chi connectivity index (χ1v) is 12.5. The highest BCUT2D eigenvalue weighted by molar-refractivity contribution is 6.04. The van der Waals surface area contributed by atoms with Crippen molar-refractivity contribution in [2.45, 2.75) is 72.3 Å². The number of esters is 1. The number of aromatic nitrogens is 4. The van der Waals surface area contributed by atoms with Gasteiger partial charge in [0.05, 0.1) is 12.9 Å². The van der Waals surface area contributed by atoms with Gasteiger partial charge in [0.2, 0.25) is 5.95 Å². The third-order valence-electron chi connectivity index (χ3n) is 5.89. The van der Waals surface area contributed by atoms with Gasteiger partial charge in [0, 0.05) is 12.1 Å². The van der Waals surface area contributed by atoms with Crippen molar-refractivity contribution >= 4 is 34.8 Å². The summed E-state index contributed by atoms with van der Waals surface area (Å²) in [6.07, 6.45) is 6.84. The molecule has 9 heteroatoms. The lowest BCUT2D eigenvalue weighted by molar-refractivity contribution is -0.143. The van der Waals surface area contributed by atoms with Crippen molar-refractivity contribution in [1.29, 1.82) is 0 Å². The molecule has 1 aromatic carbocycles. The van der Waals surface area contributed by atoms with Gasteiger partial charge in [0.25, 0.3) is 5.91 Å². The molecule has 1 atom stereocenters. The Morgan fingerprint density at radius 3 is 2.49 bits per heavy atom. The van der Waals surface area contributed by atoms with Crippen LogP contribution in [0.5, 0.6) is 0 Å². The maximum absolute atomic E-state index is 13.0. The second-order valence-corrected chi connectivity index (χ2v) is 8.50. The largest absolute Gasteiger partial charge is 0.465 e. The first-order chi connectivity index (χ1) is 17.0. The van der Waals surface area contributed by atoms with Gasteiger partial charge in [-0.2, -0.15) is 9.97 Å². The molecule has 9 nitrogen and oxygen atoms in total. The molecule has 1 unspecified atom stereocenters. The summed E-state index contributed by atoms with van der Waals surface area (Å²) < 4.78 is 6.66. The van der Waals surface area contributed by atoms with Crippen LogP contribution in [0, 0.1) is 0 Å². The number of hydrogen-bond donors (Lipinski definition) is 2. The number of fused-ring (bicyclic) bond motifs is 1. The minimum absolute atomic E-state index is 0.0268. The quantitative estimate of drug-likeness (QED) is 0.257. The fourth-order valence-electron chi connectivity index (χ4n) is 4.00. The van der Waals surface area contributed by atoms with E-state index in [1.54, 1.807) is 11.5 Å². The number of carbonyl (C=O) groups excluding carboxylic acids is 2. The van der Waals surface area contributed by atoms with E-state index in [9.17, 15) is 9.59 Å². The van der Waals surface area contributed by atoms with Gasteiger partial charge < -0.3 is 14.6 Å². The monoisotopic (exact) mass is 480 g/mol. The molecule has 0 aliphatic rings. The zero-order chi connectivity index (χ0) is 25.2. The molecule has 35 heavy (non-hydrogen) atoms. The number of benzene rings is 1. The van der Waals surface area contributed by atoms with Crippen LogP contribution in [0.3, 0.4) is 0 Å². The molecule has 3 rings (SSSR count). The molecule has 2 N–H and O–H groups in total. The average Bonchev–Trinajstić information content (AvgIpc) is 3.25. The van der Waals surface area contributed by atoms with Crippen molar-refractivity contribution in [1.82, 2.24) is 19.5 Å². The molecule has 0 radical (unpaired) electrons. The smallest absolute Gasteiger partial charge is 0.326 e. The number of carbonyl (C=O) groups is 2. The summed E-state index contributed by atoms with van der Waals surface area (Å²) in [5.41, 5.74) is 2.76. The highest BCUT2D eigenvalue weighted by Crippen LogP contribution is 2.25. The van der Waals surface area contributed by atoms with Gasteiger partial charge in [0.15, 0.2) is 17.0 Å². The maximum Gasteiger partial charge on any atom is 0.326 e. The Balaban J connectivity index is 1.86. The lowest BCUT2D eigenvalue weighted by Gasteiger charge is -2.14. The summed E-state index contributed by atoms with van der Waals surface area (Å²) in [6.45, 7) is 9.21. The van der Waals surface area contributed by atoms with E-state index in [0.29, 0.717) is 41.6 Å². The SMILES string of the molecule is CCCCNc1nc(NC(=O)c2ccc(C(CC)CCC)cc2)nc2c1ncn2CC(=O)OCC. The minimum Gasteiger partial charge on any atom is -0.465 e. The molecule has 0 aliphatic heterocycles. The Morgan fingerprint density at radius 1 is 1.06 bits per heavy atom. The zero-order valence-electron chi connectivity index (χ0n) is 21.1. The van der Waals surface area contributed by atoms with E-state index in [1.165, 1.54) is 11.9 Å². The first-order valence-electron chi connectivity index (χ1n) is 12.5. The van der Waals surface area contributed by atoms with E-state index in [1.807, 2.05) is 24.3 Å². The first kappa shape index (κ1) is 26.1. The van der Waals surface area contributed by atoms with Crippen LogP contribution < -0.4 is 10.6 Å². The van der Waals surface area contributed by atoms with Crippen LogP contribution in [0.1, 0.15) is 81.6 Å². The number of hydrogen-bond acceptors (Lipinski definition) is 7. The third kappa shape index (κ3) is 6.77. The normalized spacial score (nSPS) is 11.9. The Kier molecular flexibility index (Phi) is 9.57. The second kappa shape index (κ2) is 12.8. The number of nitrogens with one attached hydrogen (secondary N) is 2. The van der Waals surface area contributed by atoms with Crippen molar-refractivity contribution in [3.63, 3.8) is 0 Å². The summed E-state index contributed by atoms with van der Waals surface area (Å²) in [7, 11) is 0. The summed E-state index contributed by atoms with van der Waals surface area (Å²) in [5.74, 6) is 0.482. The zero-order valence-corrected chi connectivity index (χ0v) is 21.1. The molecular formula is C26H36N6O3. The van der Waals surface area contributed by atoms with Crippen LogP contribution in [0.4, 0.5) is 11.8 Å². The molecule has 2 aromatic heterocycles. The lowest BCUT2D eigenvalue weighted by Crippen LogP contribution is -2.17. The van der Waals surface area contributed by atoms with E-state index in [4.69, 9.17) is 4.74 Å². The summed E-state index contributed by atoms with van der Waals surface area (Å²) in [5, 5.41) is 6.08. The topological polar surface area (TPSA) is 111 Å². The van der Waals surface area contributed by atoms with Crippen LogP contribution in [-0.2, 0) is 16.1 Å². The maximum atomic E-state index is 13.0. The number of ether oxygens (including phenoxy) is 1. The number of nitrogens with zero attached hydrogens (tertiary/aromatic N) is 4. The van der Waals surface area contributed by atoms with E-state index < -0.39 is 0 Å². The molecule has 0 aliphatic carbocycles. The Labute approximate surface area is 206 Å². The van der Waals surface area contributed by atoms with Crippen molar-refractivity contribution < 1.29 is 14.3 Å². The number of amides is 1. The summed E-state index contributed by atoms with van der Waals surface area (Å²) in [4.78, 5) is 38.4. The van der Waals surface area contributed by atoms with Gasteiger partial charge in [0.1, 0.15) is 6.54 Å². The minimum atomic E-state index is -0.384. The van der Waals surface area contributed by atoms with Crippen molar-refractivity contribution in [2.75, 3.05) is 23.8 Å². The summed E-state index contributed by atoms with van der Waals surface area (Å²) >= 11 is 0. The fraction of sp³-hybridized carbons (Fsp3) is 0.500. The molecule has 0 saturated carbocycles. The molecule has 0 bridgehead atoms. The van der Waals surface area contributed by atoms with Crippen LogP contribution in [0.15, 0.2) is 30.6 Å². The number of unbranched alkanes of at least 4 members (excludes halogenated alkanes) is 1. The van der Waals surface area contributed by atoms with Crippen molar-refractivity contribution in [2.24, 2.45) is 0 Å². The van der Waals surface area contributed by atoms with Gasteiger partial charge in [-0.05, 0) is 49.8 Å². The van der Waals surface area contributed by atoms with Gasteiger partial charge in [-0.15, -0.1) is 0 Å². The highest BCUT2D eigenvalue weighted by atomic mass is 16.5. The third-order valence-corrected chi connectivity index (χ3v) is 5.89. The predicted molar refractivity (Wildman–Crippen MR) is 138 cm³/mol. The number of anilines is 2. The molecule has 0 saturated heterocycles. The van der Waals surface area contributed by atoms with Gasteiger partial charge >= 0.3 is 5.97 Å². The van der Waals surface area contributed by atoms with E-state index in [2.05, 4.69) is 46.4 Å². The van der Waals surface area contributed by atoms with Crippen LogP contribution >= 0.6 is 0 Å². The molecule has 188 valence electrons. The molecule has 1 amide bonds. The molecular weight excluding hydrogens is 444 g/mol. The molecule has 0 spiro atoms. The lowest BCUT2D eigenvalue weighted by atomic mass is 9.91. The number of rotatable bonds is 13. The predicted octanol–water partition coefficient (Wildman–Crippen LogP) is 5.15. The Hall–Kier alpha value is -3.49. The van der Waals surface area contributed by atoms with E-state index >= 15 is 0 Å². The van der Waals surface area contributed by atoms with Gasteiger partial charge in [-0.3, -0.25) is 14.9 Å². The van der Waals surface area contributed by atoms with E-state index in [0.717, 1.165) is 32.1 Å². The summed E-state index contributed by atoms with van der Waals surface area (Å²) in [6, 6.07) is 7.73. The highest BCUT2D eigenvalue weighted by Gasteiger charge is 2.17. The van der Waals surface area contributed by atoms with Crippen LogP contribution in [-0.4, -0.2) is 44.5 Å². The van der Waals surface area contributed by atoms with Crippen molar-refractivity contribution in [3.8, 4) is 0 Å². The van der Waals surface area contributed by atoms with Crippen molar-refractivity contribution in [3.05, 3.63) is 41.7 Å². The van der Waals surface area contributed by atoms with Crippen LogP contribution in [0.25, 0.3) is 11.2 Å². The Bertz CT molecular complexity index is 1130. The van der Waals surface area contributed by atoms with Gasteiger partial charge in [-0.25, -0.2) is 4.98 Å². The molecule has 2 heterocycles. The Morgan fingerprint density at radius 2 is 1.83 bits per heavy atom. The molecule has 3 aromatic rings. The van der Waals surface area contributed by atoms with E-state index in [-0.39, 0.29) is 24.4 Å². The van der Waals surface area contributed by atoms with Crippen LogP contribution in [0.2, 0.25) is 0 Å². The fourth-order valence-corrected chi connectivity index (χ4v) is 4.00. The van der Waals surface area contributed by atoms with Gasteiger partial charge in [-0.1, -0.05) is 45.7 Å². The second-order valence-electron chi connectivity index (χ2n) is 8.50. The standard InChI is InChI=1S/C26H36N6O3/c1-5-9-15-27-23-22-24(32(17-28-22)16-21(33)35-8-4)30-26(29-23)31-25(34)20-13-11-19(12-14-20)18(7-3)10-6-2/h11-14,17-18H,5-10,15-16H2,1-4H3,(H2,27,29,30,31,34).